The predicted molar refractivity (Wildman–Crippen MR) is 68.9 cm³/mol. The van der Waals surface area contributed by atoms with E-state index in [2.05, 4.69) is 5.32 Å². The number of nitrogens with one attached hydrogen (secondary N) is 1. The highest BCUT2D eigenvalue weighted by Gasteiger charge is 2.27. The second-order valence-electron chi connectivity index (χ2n) is 5.33. The number of aromatic hydroxyl groups is 1. The van der Waals surface area contributed by atoms with Crippen molar-refractivity contribution in [3.63, 3.8) is 0 Å². The van der Waals surface area contributed by atoms with Crippen LogP contribution in [0.1, 0.15) is 26.3 Å². The largest absolute Gasteiger partial charge is 0.508 e. The maximum Gasteiger partial charge on any atom is 0.241 e. The molecule has 4 nitrogen and oxygen atoms in total. The molecule has 0 aliphatic heterocycles. The Morgan fingerprint density at radius 3 is 2.47 bits per heavy atom. The van der Waals surface area contributed by atoms with Crippen molar-refractivity contribution in [3.8, 4) is 5.75 Å². The van der Waals surface area contributed by atoms with Crippen molar-refractivity contribution in [1.29, 1.82) is 0 Å². The van der Waals surface area contributed by atoms with E-state index in [0.29, 0.717) is 5.69 Å². The summed E-state index contributed by atoms with van der Waals surface area (Å²) in [4.78, 5) is 11.9. The van der Waals surface area contributed by atoms with Gasteiger partial charge in [-0.05, 0) is 36.1 Å². The van der Waals surface area contributed by atoms with Crippen LogP contribution in [-0.2, 0) is 4.79 Å². The summed E-state index contributed by atoms with van der Waals surface area (Å²) >= 11 is 0. The number of hydrogen-bond donors (Lipinski definition) is 3. The highest BCUT2D eigenvalue weighted by Crippen LogP contribution is 2.22. The Morgan fingerprint density at radius 2 is 2.00 bits per heavy atom. The Bertz CT molecular complexity index is 422. The van der Waals surface area contributed by atoms with Crippen LogP contribution in [0.15, 0.2) is 18.2 Å². The fourth-order valence-electron chi connectivity index (χ4n) is 1.39. The number of aryl methyl sites for hydroxylation is 1. The summed E-state index contributed by atoms with van der Waals surface area (Å²) in [5.74, 6) is -0.0353. The summed E-state index contributed by atoms with van der Waals surface area (Å²) < 4.78 is 0. The lowest BCUT2D eigenvalue weighted by Crippen LogP contribution is -2.45. The number of phenols is 1. The molecule has 94 valence electrons. The number of nitrogens with two attached hydrogens (primary N) is 1. The van der Waals surface area contributed by atoms with Gasteiger partial charge in [-0.1, -0.05) is 20.8 Å². The Balaban J connectivity index is 2.82. The van der Waals surface area contributed by atoms with Gasteiger partial charge in [0.05, 0.1) is 6.04 Å². The smallest absolute Gasteiger partial charge is 0.241 e. The van der Waals surface area contributed by atoms with Gasteiger partial charge < -0.3 is 16.2 Å². The maximum atomic E-state index is 11.9. The number of amides is 1. The molecule has 0 radical (unpaired) electrons. The van der Waals surface area contributed by atoms with Crippen LogP contribution in [0.3, 0.4) is 0 Å². The van der Waals surface area contributed by atoms with Gasteiger partial charge in [0.25, 0.3) is 0 Å². The summed E-state index contributed by atoms with van der Waals surface area (Å²) in [6, 6.07) is 4.22. The van der Waals surface area contributed by atoms with Crippen LogP contribution in [-0.4, -0.2) is 17.1 Å². The van der Waals surface area contributed by atoms with Gasteiger partial charge in [0.2, 0.25) is 5.91 Å². The lowest BCUT2D eigenvalue weighted by atomic mass is 9.87. The van der Waals surface area contributed by atoms with E-state index >= 15 is 0 Å². The van der Waals surface area contributed by atoms with Crippen molar-refractivity contribution in [1.82, 2.24) is 0 Å². The van der Waals surface area contributed by atoms with Gasteiger partial charge in [0, 0.05) is 5.69 Å². The number of carbonyl (C=O) groups is 1. The topological polar surface area (TPSA) is 75.3 Å². The number of hydrogen-bond acceptors (Lipinski definition) is 3. The third-order valence-electron chi connectivity index (χ3n) is 2.68. The molecule has 1 rings (SSSR count). The second-order valence-corrected chi connectivity index (χ2v) is 5.33. The lowest BCUT2D eigenvalue weighted by Gasteiger charge is -2.26. The second kappa shape index (κ2) is 4.75. The Kier molecular flexibility index (Phi) is 3.78. The highest BCUT2D eigenvalue weighted by atomic mass is 16.3. The molecule has 4 N–H and O–H groups in total. The van der Waals surface area contributed by atoms with Crippen molar-refractivity contribution < 1.29 is 9.90 Å². The predicted octanol–water partition coefficient (Wildman–Crippen LogP) is 2.01. The molecular weight excluding hydrogens is 216 g/mol. The maximum absolute atomic E-state index is 11.9. The van der Waals surface area contributed by atoms with E-state index in [1.54, 1.807) is 12.1 Å². The van der Waals surface area contributed by atoms with Crippen LogP contribution < -0.4 is 11.1 Å². The highest BCUT2D eigenvalue weighted by molar-refractivity contribution is 5.95. The zero-order valence-electron chi connectivity index (χ0n) is 10.7. The van der Waals surface area contributed by atoms with Gasteiger partial charge >= 0.3 is 0 Å². The van der Waals surface area contributed by atoms with Gasteiger partial charge in [0.15, 0.2) is 0 Å². The first-order chi connectivity index (χ1) is 7.71. The fourth-order valence-corrected chi connectivity index (χ4v) is 1.39. The molecule has 17 heavy (non-hydrogen) atoms. The molecule has 0 heterocycles. The van der Waals surface area contributed by atoms with Gasteiger partial charge in [-0.15, -0.1) is 0 Å². The standard InChI is InChI=1S/C13H20N2O2/c1-8-7-9(16)5-6-10(8)15-12(17)11(14)13(2,3)4/h5-7,11,16H,14H2,1-4H3,(H,15,17)/t11-/m1/s1. The number of carbonyl (C=O) groups excluding carboxylic acids is 1. The van der Waals surface area contributed by atoms with E-state index in [4.69, 9.17) is 5.73 Å². The molecular formula is C13H20N2O2. The minimum Gasteiger partial charge on any atom is -0.508 e. The number of rotatable bonds is 2. The molecule has 0 unspecified atom stereocenters. The minimum atomic E-state index is -0.573. The lowest BCUT2D eigenvalue weighted by molar-refractivity contribution is -0.119. The molecule has 1 atom stereocenters. The number of anilines is 1. The van der Waals surface area contributed by atoms with Crippen molar-refractivity contribution in [2.24, 2.45) is 11.1 Å². The first kappa shape index (κ1) is 13.5. The summed E-state index contributed by atoms with van der Waals surface area (Å²) in [7, 11) is 0. The van der Waals surface area contributed by atoms with E-state index < -0.39 is 6.04 Å². The molecule has 0 fully saturated rings. The van der Waals surface area contributed by atoms with E-state index in [-0.39, 0.29) is 17.1 Å². The molecule has 0 aliphatic rings. The monoisotopic (exact) mass is 236 g/mol. The zero-order valence-corrected chi connectivity index (χ0v) is 10.7. The van der Waals surface area contributed by atoms with E-state index in [9.17, 15) is 9.90 Å². The van der Waals surface area contributed by atoms with Crippen LogP contribution in [0.25, 0.3) is 0 Å². The molecule has 1 aromatic rings. The summed E-state index contributed by atoms with van der Waals surface area (Å²) in [6.45, 7) is 7.57. The molecule has 0 bridgehead atoms. The van der Waals surface area contributed by atoms with E-state index in [1.807, 2.05) is 27.7 Å². The average molecular weight is 236 g/mol. The van der Waals surface area contributed by atoms with Crippen molar-refractivity contribution in [3.05, 3.63) is 23.8 Å². The Hall–Kier alpha value is -1.55. The first-order valence-electron chi connectivity index (χ1n) is 5.58. The van der Waals surface area contributed by atoms with Crippen molar-refractivity contribution in [2.75, 3.05) is 5.32 Å². The molecule has 4 heteroatoms. The van der Waals surface area contributed by atoms with Crippen molar-refractivity contribution >= 4 is 11.6 Å². The van der Waals surface area contributed by atoms with Crippen LogP contribution in [0.2, 0.25) is 0 Å². The fraction of sp³-hybridized carbons (Fsp3) is 0.462. The SMILES string of the molecule is Cc1cc(O)ccc1NC(=O)[C@@H](N)C(C)(C)C. The molecule has 1 aromatic carbocycles. The third-order valence-corrected chi connectivity index (χ3v) is 2.68. The zero-order chi connectivity index (χ0) is 13.2. The molecule has 0 spiro atoms. The van der Waals surface area contributed by atoms with Gasteiger partial charge in [-0.25, -0.2) is 0 Å². The van der Waals surface area contributed by atoms with Crippen LogP contribution in [0, 0.1) is 12.3 Å². The summed E-state index contributed by atoms with van der Waals surface area (Å²) in [5, 5.41) is 12.0. The van der Waals surface area contributed by atoms with Crippen molar-refractivity contribution in [2.45, 2.75) is 33.7 Å². The van der Waals surface area contributed by atoms with E-state index in [0.717, 1.165) is 5.56 Å². The van der Waals surface area contributed by atoms with Crippen LogP contribution in [0.4, 0.5) is 5.69 Å². The van der Waals surface area contributed by atoms with E-state index in [1.165, 1.54) is 6.07 Å². The Morgan fingerprint density at radius 1 is 1.41 bits per heavy atom. The third kappa shape index (κ3) is 3.46. The molecule has 0 aromatic heterocycles. The molecule has 0 aliphatic carbocycles. The normalized spacial score (nSPS) is 13.2. The Labute approximate surface area is 102 Å². The van der Waals surface area contributed by atoms with Crippen LogP contribution >= 0.6 is 0 Å². The molecule has 0 saturated heterocycles. The summed E-state index contributed by atoms with van der Waals surface area (Å²) in [5.41, 5.74) is 7.06. The summed E-state index contributed by atoms with van der Waals surface area (Å²) in [6.07, 6.45) is 0. The molecule has 1 amide bonds. The number of phenolic OH excluding ortho intramolecular Hbond substituents is 1. The number of benzene rings is 1. The van der Waals surface area contributed by atoms with Gasteiger partial charge in [0.1, 0.15) is 5.75 Å². The van der Waals surface area contributed by atoms with Crippen LogP contribution in [0.5, 0.6) is 5.75 Å². The van der Waals surface area contributed by atoms with Gasteiger partial charge in [-0.3, -0.25) is 4.79 Å². The minimum absolute atomic E-state index is 0.181. The quantitative estimate of drug-likeness (QED) is 0.687. The van der Waals surface area contributed by atoms with Gasteiger partial charge in [-0.2, -0.15) is 0 Å². The first-order valence-corrected chi connectivity index (χ1v) is 5.58. The molecule has 0 saturated carbocycles. The average Bonchev–Trinajstić information content (AvgIpc) is 2.19.